The van der Waals surface area contributed by atoms with Gasteiger partial charge in [0.25, 0.3) is 0 Å². The predicted molar refractivity (Wildman–Crippen MR) is 111 cm³/mol. The molecule has 2 N–H and O–H groups in total. The van der Waals surface area contributed by atoms with E-state index in [2.05, 4.69) is 38.5 Å². The second kappa shape index (κ2) is 7.88. The van der Waals surface area contributed by atoms with Crippen molar-refractivity contribution in [3.8, 4) is 0 Å². The first-order chi connectivity index (χ1) is 13.7. The van der Waals surface area contributed by atoms with E-state index in [0.717, 1.165) is 36.5 Å². The van der Waals surface area contributed by atoms with Crippen molar-refractivity contribution in [2.75, 3.05) is 23.3 Å². The summed E-state index contributed by atoms with van der Waals surface area (Å²) in [5.41, 5.74) is 3.95. The molecule has 3 heterocycles. The number of imidazole rings is 1. The largest absolute Gasteiger partial charge is 0.371 e. The average molecular weight is 378 g/mol. The molecule has 1 aliphatic rings. The van der Waals surface area contributed by atoms with Crippen LogP contribution in [0.25, 0.3) is 5.78 Å². The lowest BCUT2D eigenvalue weighted by Gasteiger charge is -2.22. The summed E-state index contributed by atoms with van der Waals surface area (Å²) < 4.78 is 1.86. The Morgan fingerprint density at radius 1 is 1.25 bits per heavy atom. The minimum Gasteiger partial charge on any atom is -0.371 e. The number of rotatable bonds is 5. The smallest absolute Gasteiger partial charge is 0.319 e. The minimum absolute atomic E-state index is 0.177. The molecule has 2 aromatic heterocycles. The van der Waals surface area contributed by atoms with Gasteiger partial charge in [-0.05, 0) is 49.9 Å². The zero-order valence-corrected chi connectivity index (χ0v) is 16.4. The topological polar surface area (TPSA) is 74.6 Å². The van der Waals surface area contributed by atoms with Crippen LogP contribution in [0, 0.1) is 6.92 Å². The Hall–Kier alpha value is -3.09. The Labute approximate surface area is 164 Å². The van der Waals surface area contributed by atoms with Crippen molar-refractivity contribution in [2.24, 2.45) is 0 Å². The molecule has 0 radical (unpaired) electrons. The molecule has 4 rings (SSSR count). The highest BCUT2D eigenvalue weighted by Gasteiger charge is 2.19. The third kappa shape index (κ3) is 3.65. The van der Waals surface area contributed by atoms with Gasteiger partial charge in [-0.25, -0.2) is 14.8 Å². The van der Waals surface area contributed by atoms with E-state index < -0.39 is 0 Å². The van der Waals surface area contributed by atoms with Crippen LogP contribution in [0.2, 0.25) is 0 Å². The maximum atomic E-state index is 12.7. The average Bonchev–Trinajstić information content (AvgIpc) is 3.37. The summed E-state index contributed by atoms with van der Waals surface area (Å²) in [5, 5.41) is 6.06. The van der Waals surface area contributed by atoms with Crippen LogP contribution in [0.3, 0.4) is 0 Å². The van der Waals surface area contributed by atoms with E-state index in [9.17, 15) is 4.79 Å². The molecule has 1 fully saturated rings. The summed E-state index contributed by atoms with van der Waals surface area (Å²) in [4.78, 5) is 23.8. The lowest BCUT2D eigenvalue weighted by molar-refractivity contribution is 0.248. The number of carbonyl (C=O) groups excluding carboxylic acids is 1. The van der Waals surface area contributed by atoms with Crippen LogP contribution in [0.4, 0.5) is 16.2 Å². The van der Waals surface area contributed by atoms with Gasteiger partial charge in [0, 0.05) is 43.1 Å². The second-order valence-electron chi connectivity index (χ2n) is 7.20. The van der Waals surface area contributed by atoms with E-state index in [1.807, 2.05) is 41.9 Å². The number of aromatic nitrogens is 3. The molecule has 7 heteroatoms. The fourth-order valence-corrected chi connectivity index (χ4v) is 3.78. The van der Waals surface area contributed by atoms with Crippen LogP contribution in [0.5, 0.6) is 0 Å². The number of hydrogen-bond acceptors (Lipinski definition) is 4. The summed E-state index contributed by atoms with van der Waals surface area (Å²) in [5.74, 6) is 0.632. The van der Waals surface area contributed by atoms with Crippen molar-refractivity contribution in [2.45, 2.75) is 39.2 Å². The first kappa shape index (κ1) is 18.3. The minimum atomic E-state index is -0.224. The van der Waals surface area contributed by atoms with Gasteiger partial charge in [-0.2, -0.15) is 0 Å². The Morgan fingerprint density at radius 2 is 2.07 bits per heavy atom. The zero-order valence-electron chi connectivity index (χ0n) is 16.4. The lowest BCUT2D eigenvalue weighted by Crippen LogP contribution is -2.33. The van der Waals surface area contributed by atoms with Gasteiger partial charge in [-0.3, -0.25) is 4.40 Å². The maximum absolute atomic E-state index is 12.7. The van der Waals surface area contributed by atoms with Crippen LogP contribution in [0.1, 0.15) is 43.5 Å². The maximum Gasteiger partial charge on any atom is 0.319 e. The quantitative estimate of drug-likeness (QED) is 0.706. The molecule has 0 spiro atoms. The number of anilines is 2. The standard InChI is InChI=1S/C21H26N6O/c1-3-16(18-14-27-13-7-10-22-20(27)23-18)24-21(28)25-17-8-6-9-19(15(17)2)26-11-4-5-12-26/h6-10,13-14,16H,3-5,11-12H2,1-2H3,(H2,24,25,28)/t16-/m1/s1. The molecule has 1 aliphatic heterocycles. The van der Waals surface area contributed by atoms with Crippen LogP contribution in [-0.2, 0) is 0 Å². The molecule has 0 aliphatic carbocycles. The number of benzene rings is 1. The second-order valence-corrected chi connectivity index (χ2v) is 7.20. The molecule has 7 nitrogen and oxygen atoms in total. The van der Waals surface area contributed by atoms with E-state index in [1.165, 1.54) is 18.5 Å². The number of fused-ring (bicyclic) bond motifs is 1. The fraction of sp³-hybridized carbons (Fsp3) is 0.381. The van der Waals surface area contributed by atoms with Gasteiger partial charge in [0.15, 0.2) is 0 Å². The molecule has 0 unspecified atom stereocenters. The third-order valence-corrected chi connectivity index (χ3v) is 5.32. The van der Waals surface area contributed by atoms with E-state index >= 15 is 0 Å². The number of hydrogen-bond donors (Lipinski definition) is 2. The fourth-order valence-electron chi connectivity index (χ4n) is 3.78. The Kier molecular flexibility index (Phi) is 5.14. The number of carbonyl (C=O) groups is 1. The third-order valence-electron chi connectivity index (χ3n) is 5.32. The normalized spacial score (nSPS) is 15.0. The van der Waals surface area contributed by atoms with Crippen LogP contribution < -0.4 is 15.5 Å². The number of nitrogens with one attached hydrogen (secondary N) is 2. The molecule has 146 valence electrons. The van der Waals surface area contributed by atoms with Gasteiger partial charge in [-0.15, -0.1) is 0 Å². The summed E-state index contributed by atoms with van der Waals surface area (Å²) in [6.45, 7) is 6.25. The van der Waals surface area contributed by atoms with Gasteiger partial charge in [0.2, 0.25) is 5.78 Å². The molecular weight excluding hydrogens is 352 g/mol. The monoisotopic (exact) mass is 378 g/mol. The molecule has 2 amide bonds. The highest BCUT2D eigenvalue weighted by molar-refractivity contribution is 5.91. The molecule has 3 aromatic rings. The van der Waals surface area contributed by atoms with Crippen molar-refractivity contribution in [1.82, 2.24) is 19.7 Å². The van der Waals surface area contributed by atoms with Crippen LogP contribution >= 0.6 is 0 Å². The Bertz CT molecular complexity index is 943. The van der Waals surface area contributed by atoms with Crippen molar-refractivity contribution in [1.29, 1.82) is 0 Å². The van der Waals surface area contributed by atoms with Gasteiger partial charge >= 0.3 is 6.03 Å². The van der Waals surface area contributed by atoms with E-state index in [1.54, 1.807) is 6.20 Å². The van der Waals surface area contributed by atoms with Crippen molar-refractivity contribution in [3.63, 3.8) is 0 Å². The molecular formula is C21H26N6O. The van der Waals surface area contributed by atoms with Gasteiger partial charge in [-0.1, -0.05) is 13.0 Å². The lowest BCUT2D eigenvalue weighted by atomic mass is 10.1. The SMILES string of the molecule is CC[C@@H](NC(=O)Nc1cccc(N2CCCC2)c1C)c1cn2cccnc2n1. The molecule has 1 aromatic carbocycles. The van der Waals surface area contributed by atoms with E-state index in [4.69, 9.17) is 0 Å². The number of nitrogens with zero attached hydrogens (tertiary/aromatic N) is 4. The Morgan fingerprint density at radius 3 is 2.82 bits per heavy atom. The van der Waals surface area contributed by atoms with Crippen molar-refractivity contribution in [3.05, 3.63) is 54.1 Å². The Balaban J connectivity index is 1.48. The highest BCUT2D eigenvalue weighted by atomic mass is 16.2. The molecule has 0 saturated carbocycles. The molecule has 1 saturated heterocycles. The highest BCUT2D eigenvalue weighted by Crippen LogP contribution is 2.29. The van der Waals surface area contributed by atoms with Crippen molar-refractivity contribution >= 4 is 23.2 Å². The van der Waals surface area contributed by atoms with Gasteiger partial charge in [0.05, 0.1) is 11.7 Å². The molecule has 1 atom stereocenters. The zero-order chi connectivity index (χ0) is 19.5. The first-order valence-corrected chi connectivity index (χ1v) is 9.87. The number of amides is 2. The summed E-state index contributed by atoms with van der Waals surface area (Å²) in [7, 11) is 0. The number of urea groups is 1. The van der Waals surface area contributed by atoms with Gasteiger partial charge < -0.3 is 15.5 Å². The van der Waals surface area contributed by atoms with E-state index in [-0.39, 0.29) is 12.1 Å². The predicted octanol–water partition coefficient (Wildman–Crippen LogP) is 3.91. The summed E-state index contributed by atoms with van der Waals surface area (Å²) in [6, 6.07) is 7.53. The van der Waals surface area contributed by atoms with Crippen molar-refractivity contribution < 1.29 is 4.79 Å². The summed E-state index contributed by atoms with van der Waals surface area (Å²) >= 11 is 0. The summed E-state index contributed by atoms with van der Waals surface area (Å²) in [6.07, 6.45) is 8.72. The van der Waals surface area contributed by atoms with E-state index in [0.29, 0.717) is 5.78 Å². The van der Waals surface area contributed by atoms with Crippen LogP contribution in [0.15, 0.2) is 42.9 Å². The molecule has 0 bridgehead atoms. The van der Waals surface area contributed by atoms with Crippen LogP contribution in [-0.4, -0.2) is 33.5 Å². The molecule has 28 heavy (non-hydrogen) atoms. The van der Waals surface area contributed by atoms with Gasteiger partial charge in [0.1, 0.15) is 0 Å². The first-order valence-electron chi connectivity index (χ1n) is 9.87.